The number of aromatic nitrogens is 2. The Kier molecular flexibility index (Phi) is 5.76. The molecule has 2 N–H and O–H groups in total. The molecule has 30 heavy (non-hydrogen) atoms. The summed E-state index contributed by atoms with van der Waals surface area (Å²) in [7, 11) is 1.64. The third kappa shape index (κ3) is 4.18. The molecular formula is C22H23N5O2S. The zero-order chi connectivity index (χ0) is 21.1. The molecule has 0 saturated heterocycles. The van der Waals surface area contributed by atoms with E-state index in [1.807, 2.05) is 61.7 Å². The van der Waals surface area contributed by atoms with Crippen LogP contribution in [-0.2, 0) is 6.54 Å². The van der Waals surface area contributed by atoms with E-state index in [1.165, 1.54) is 6.07 Å². The van der Waals surface area contributed by atoms with Crippen LogP contribution in [0.3, 0.4) is 0 Å². The van der Waals surface area contributed by atoms with Crippen LogP contribution in [0.25, 0.3) is 0 Å². The van der Waals surface area contributed by atoms with Crippen molar-refractivity contribution < 1.29 is 4.74 Å². The van der Waals surface area contributed by atoms with E-state index in [-0.39, 0.29) is 5.56 Å². The molecule has 0 spiro atoms. The summed E-state index contributed by atoms with van der Waals surface area (Å²) in [6, 6.07) is 17.4. The lowest BCUT2D eigenvalue weighted by Crippen LogP contribution is -2.48. The van der Waals surface area contributed by atoms with Crippen LogP contribution < -0.4 is 20.9 Å². The fourth-order valence-corrected chi connectivity index (χ4v) is 3.69. The summed E-state index contributed by atoms with van der Waals surface area (Å²) in [6.07, 6.45) is 1.64. The molecule has 1 atom stereocenters. The van der Waals surface area contributed by atoms with Gasteiger partial charge in [-0.15, -0.1) is 11.8 Å². The first-order valence-corrected chi connectivity index (χ1v) is 10.7. The van der Waals surface area contributed by atoms with Crippen LogP contribution in [0.4, 0.5) is 5.95 Å². The lowest BCUT2D eigenvalue weighted by atomic mass is 10.1. The van der Waals surface area contributed by atoms with Gasteiger partial charge in [0, 0.05) is 16.7 Å². The summed E-state index contributed by atoms with van der Waals surface area (Å²) in [6.45, 7) is 2.29. The molecule has 1 aliphatic heterocycles. The number of aryl methyl sites for hydroxylation is 1. The number of fused-ring (bicyclic) bond motifs is 1. The van der Waals surface area contributed by atoms with Gasteiger partial charge in [0.15, 0.2) is 5.96 Å². The third-order valence-corrected chi connectivity index (χ3v) is 5.60. The molecule has 154 valence electrons. The quantitative estimate of drug-likeness (QED) is 0.615. The number of hydrogen-bond donors (Lipinski definition) is 2. The maximum atomic E-state index is 12.7. The highest BCUT2D eigenvalue weighted by Gasteiger charge is 2.26. The van der Waals surface area contributed by atoms with Gasteiger partial charge in [-0.25, -0.2) is 9.98 Å². The Morgan fingerprint density at radius 2 is 1.90 bits per heavy atom. The van der Waals surface area contributed by atoms with Crippen LogP contribution in [0, 0.1) is 6.92 Å². The van der Waals surface area contributed by atoms with Crippen molar-refractivity contribution in [1.82, 2.24) is 14.9 Å². The zero-order valence-electron chi connectivity index (χ0n) is 17.0. The average molecular weight is 422 g/mol. The Morgan fingerprint density at radius 1 is 1.17 bits per heavy atom. The monoisotopic (exact) mass is 421 g/mol. The fourth-order valence-electron chi connectivity index (χ4n) is 3.28. The molecule has 2 heterocycles. The molecule has 7 nitrogen and oxygen atoms in total. The first-order chi connectivity index (χ1) is 14.6. The van der Waals surface area contributed by atoms with Crippen LogP contribution in [0.5, 0.6) is 5.75 Å². The molecule has 0 amide bonds. The van der Waals surface area contributed by atoms with Crippen LogP contribution in [-0.4, -0.2) is 28.9 Å². The summed E-state index contributed by atoms with van der Waals surface area (Å²) in [4.78, 5) is 23.1. The Labute approximate surface area is 179 Å². The molecule has 0 radical (unpaired) electrons. The van der Waals surface area contributed by atoms with E-state index in [4.69, 9.17) is 4.74 Å². The van der Waals surface area contributed by atoms with Gasteiger partial charge < -0.3 is 10.1 Å². The largest absolute Gasteiger partial charge is 0.497 e. The van der Waals surface area contributed by atoms with Crippen molar-refractivity contribution in [1.29, 1.82) is 0 Å². The van der Waals surface area contributed by atoms with Crippen molar-refractivity contribution in [3.8, 4) is 5.75 Å². The standard InChI is InChI=1S/C22H23N5O2S/c1-14-12-19(28)27-20(16-6-10-18(30-3)11-7-16)25-21(26-22(27)24-14)23-13-15-4-8-17(29-2)9-5-15/h4-12,20H,13H2,1-3H3,(H2,23,24,25,26)/t20-/m0/s1. The molecule has 8 heteroatoms. The predicted molar refractivity (Wildman–Crippen MR) is 120 cm³/mol. The van der Waals surface area contributed by atoms with Crippen LogP contribution in [0.1, 0.15) is 23.0 Å². The lowest BCUT2D eigenvalue weighted by molar-refractivity contribution is 0.414. The second-order valence-electron chi connectivity index (χ2n) is 6.89. The van der Waals surface area contributed by atoms with Gasteiger partial charge in [-0.05, 0) is 48.6 Å². The predicted octanol–water partition coefficient (Wildman–Crippen LogP) is 3.40. The van der Waals surface area contributed by atoms with Gasteiger partial charge in [0.25, 0.3) is 5.56 Å². The van der Waals surface area contributed by atoms with Gasteiger partial charge in [0.1, 0.15) is 11.9 Å². The number of aliphatic imine (C=N–C) groups is 1. The number of thioether (sulfide) groups is 1. The average Bonchev–Trinajstić information content (AvgIpc) is 2.77. The summed E-state index contributed by atoms with van der Waals surface area (Å²) >= 11 is 1.68. The second-order valence-corrected chi connectivity index (χ2v) is 7.77. The Bertz CT molecular complexity index is 1120. The number of nitrogens with one attached hydrogen (secondary N) is 2. The van der Waals surface area contributed by atoms with E-state index in [9.17, 15) is 4.79 Å². The molecule has 0 fully saturated rings. The van der Waals surface area contributed by atoms with E-state index in [2.05, 4.69) is 20.6 Å². The second kappa shape index (κ2) is 8.62. The van der Waals surface area contributed by atoms with Gasteiger partial charge in [0.05, 0.1) is 13.7 Å². The van der Waals surface area contributed by atoms with Gasteiger partial charge in [-0.3, -0.25) is 14.7 Å². The maximum Gasteiger partial charge on any atom is 0.257 e. The number of rotatable bonds is 5. The highest BCUT2D eigenvalue weighted by atomic mass is 32.2. The topological polar surface area (TPSA) is 80.5 Å². The van der Waals surface area contributed by atoms with Crippen molar-refractivity contribution in [2.75, 3.05) is 18.7 Å². The number of ether oxygens (including phenoxy) is 1. The normalized spacial score (nSPS) is 16.5. The molecule has 0 unspecified atom stereocenters. The zero-order valence-corrected chi connectivity index (χ0v) is 17.9. The number of benzene rings is 2. The summed E-state index contributed by atoms with van der Waals surface area (Å²) in [5.41, 5.74) is 2.55. The smallest absolute Gasteiger partial charge is 0.257 e. The van der Waals surface area contributed by atoms with Crippen molar-refractivity contribution in [2.24, 2.45) is 4.99 Å². The van der Waals surface area contributed by atoms with Gasteiger partial charge in [-0.1, -0.05) is 24.3 Å². The number of nitrogens with zero attached hydrogens (tertiary/aromatic N) is 3. The summed E-state index contributed by atoms with van der Waals surface area (Å²) in [5.74, 6) is 1.86. The van der Waals surface area contributed by atoms with Gasteiger partial charge in [-0.2, -0.15) is 0 Å². The number of hydrogen-bond acceptors (Lipinski definition) is 5. The van der Waals surface area contributed by atoms with Crippen LogP contribution in [0.15, 0.2) is 69.3 Å². The Hall–Kier alpha value is -3.26. The first-order valence-electron chi connectivity index (χ1n) is 9.52. The minimum atomic E-state index is -0.396. The minimum absolute atomic E-state index is 0.120. The van der Waals surface area contributed by atoms with Crippen molar-refractivity contribution in [3.05, 3.63) is 81.8 Å². The van der Waals surface area contributed by atoms with Crippen molar-refractivity contribution in [3.63, 3.8) is 0 Å². The molecule has 1 aromatic heterocycles. The Morgan fingerprint density at radius 3 is 2.57 bits per heavy atom. The van der Waals surface area contributed by atoms with E-state index in [0.29, 0.717) is 24.1 Å². The molecular weight excluding hydrogens is 398 g/mol. The van der Waals surface area contributed by atoms with Crippen LogP contribution in [0.2, 0.25) is 0 Å². The van der Waals surface area contributed by atoms with Gasteiger partial charge >= 0.3 is 0 Å². The van der Waals surface area contributed by atoms with E-state index in [1.54, 1.807) is 23.4 Å². The number of anilines is 1. The minimum Gasteiger partial charge on any atom is -0.497 e. The van der Waals surface area contributed by atoms with Crippen molar-refractivity contribution in [2.45, 2.75) is 24.5 Å². The molecule has 0 aliphatic carbocycles. The maximum absolute atomic E-state index is 12.7. The van der Waals surface area contributed by atoms with Crippen molar-refractivity contribution >= 4 is 23.7 Å². The SMILES string of the molecule is COc1ccc(CN=C2Nc3nc(C)cc(=O)n3[C@@H](c3ccc(SC)cc3)N2)cc1. The molecule has 2 aromatic carbocycles. The highest BCUT2D eigenvalue weighted by molar-refractivity contribution is 7.98. The molecule has 0 bridgehead atoms. The number of guanidine groups is 1. The van der Waals surface area contributed by atoms with Gasteiger partial charge in [0.2, 0.25) is 5.95 Å². The first kappa shape index (κ1) is 20.0. The van der Waals surface area contributed by atoms with E-state index >= 15 is 0 Å². The Balaban J connectivity index is 1.67. The fraction of sp³-hybridized carbons (Fsp3) is 0.227. The van der Waals surface area contributed by atoms with E-state index < -0.39 is 6.17 Å². The summed E-state index contributed by atoms with van der Waals surface area (Å²) in [5, 5.41) is 6.50. The number of methoxy groups -OCH3 is 1. The van der Waals surface area contributed by atoms with E-state index in [0.717, 1.165) is 21.8 Å². The molecule has 1 aliphatic rings. The summed E-state index contributed by atoms with van der Waals surface area (Å²) < 4.78 is 6.82. The molecule has 3 aromatic rings. The van der Waals surface area contributed by atoms with Crippen LogP contribution >= 0.6 is 11.8 Å². The lowest BCUT2D eigenvalue weighted by Gasteiger charge is -2.31. The highest BCUT2D eigenvalue weighted by Crippen LogP contribution is 2.24. The third-order valence-electron chi connectivity index (χ3n) is 4.85. The molecule has 4 rings (SSSR count). The molecule has 0 saturated carbocycles.